The second-order valence-corrected chi connectivity index (χ2v) is 6.90. The zero-order valence-electron chi connectivity index (χ0n) is 13.3. The topological polar surface area (TPSA) is 74.8 Å². The van der Waals surface area contributed by atoms with Crippen LogP contribution in [0.3, 0.4) is 0 Å². The Balaban J connectivity index is 1.57. The van der Waals surface area contributed by atoms with Crippen LogP contribution in [0.2, 0.25) is 5.15 Å². The van der Waals surface area contributed by atoms with Gasteiger partial charge in [-0.2, -0.15) is 5.10 Å². The maximum absolute atomic E-state index is 13.9. The van der Waals surface area contributed by atoms with Gasteiger partial charge in [0.2, 0.25) is 0 Å². The van der Waals surface area contributed by atoms with Gasteiger partial charge < -0.3 is 4.74 Å². The molecule has 0 amide bonds. The standard InChI is InChI=1S/C16H12ClF2N5O2/c17-15-12-13(21-23(15)4-7-10(18)2-1-3-11(7)19)16(25)24(22-20-12)14-8-5-26-6-9(8)14/h1-3,8-9,14H,4-6H2/t8-,9+,14?. The zero-order chi connectivity index (χ0) is 18.0. The number of hydrogen-bond acceptors (Lipinski definition) is 5. The van der Waals surface area contributed by atoms with Crippen molar-refractivity contribution in [3.63, 3.8) is 0 Å². The van der Waals surface area contributed by atoms with Gasteiger partial charge in [-0.3, -0.25) is 4.79 Å². The van der Waals surface area contributed by atoms with E-state index in [2.05, 4.69) is 15.4 Å². The van der Waals surface area contributed by atoms with Gasteiger partial charge >= 0.3 is 0 Å². The highest BCUT2D eigenvalue weighted by atomic mass is 35.5. The molecule has 1 aromatic carbocycles. The summed E-state index contributed by atoms with van der Waals surface area (Å²) in [6.07, 6.45) is 0. The molecule has 3 aromatic rings. The minimum atomic E-state index is -0.713. The normalized spacial score (nSPS) is 24.2. The van der Waals surface area contributed by atoms with Crippen molar-refractivity contribution in [2.75, 3.05) is 13.2 Å². The third-order valence-electron chi connectivity index (χ3n) is 5.08. The monoisotopic (exact) mass is 379 g/mol. The first-order valence-electron chi connectivity index (χ1n) is 8.08. The van der Waals surface area contributed by atoms with Gasteiger partial charge in [0.05, 0.1) is 25.8 Å². The first-order valence-corrected chi connectivity index (χ1v) is 8.46. The molecule has 1 aliphatic carbocycles. The molecule has 26 heavy (non-hydrogen) atoms. The Morgan fingerprint density at radius 1 is 1.19 bits per heavy atom. The summed E-state index contributed by atoms with van der Waals surface area (Å²) in [6.45, 7) is 0.947. The van der Waals surface area contributed by atoms with Crippen molar-refractivity contribution in [2.24, 2.45) is 11.8 Å². The lowest BCUT2D eigenvalue weighted by Gasteiger charge is -2.05. The number of hydrogen-bond donors (Lipinski definition) is 0. The van der Waals surface area contributed by atoms with Gasteiger partial charge in [-0.1, -0.05) is 22.9 Å². The minimum Gasteiger partial charge on any atom is -0.381 e. The average molecular weight is 380 g/mol. The van der Waals surface area contributed by atoms with E-state index in [-0.39, 0.29) is 46.2 Å². The number of halogens is 3. The van der Waals surface area contributed by atoms with Crippen LogP contribution in [-0.4, -0.2) is 38.0 Å². The van der Waals surface area contributed by atoms with E-state index in [0.717, 1.165) is 16.8 Å². The molecule has 3 atom stereocenters. The molecule has 0 spiro atoms. The molecular formula is C16H12ClF2N5O2. The summed E-state index contributed by atoms with van der Waals surface area (Å²) in [5.41, 5.74) is -0.451. The number of nitrogens with zero attached hydrogens (tertiary/aromatic N) is 5. The van der Waals surface area contributed by atoms with Gasteiger partial charge in [0.15, 0.2) is 16.2 Å². The van der Waals surface area contributed by atoms with E-state index < -0.39 is 17.2 Å². The van der Waals surface area contributed by atoms with Crippen molar-refractivity contribution < 1.29 is 13.5 Å². The Hall–Kier alpha value is -2.39. The molecule has 0 radical (unpaired) electrons. The van der Waals surface area contributed by atoms with Crippen LogP contribution in [0.5, 0.6) is 0 Å². The van der Waals surface area contributed by atoms with E-state index in [1.165, 1.54) is 10.7 Å². The smallest absolute Gasteiger partial charge is 0.298 e. The van der Waals surface area contributed by atoms with Gasteiger partial charge in [0.1, 0.15) is 11.6 Å². The summed E-state index contributed by atoms with van der Waals surface area (Å²) >= 11 is 6.21. The van der Waals surface area contributed by atoms with Gasteiger partial charge in [0, 0.05) is 17.4 Å². The largest absolute Gasteiger partial charge is 0.381 e. The van der Waals surface area contributed by atoms with Gasteiger partial charge in [0.25, 0.3) is 5.56 Å². The number of rotatable bonds is 3. The molecule has 0 bridgehead atoms. The van der Waals surface area contributed by atoms with Crippen LogP contribution in [0.1, 0.15) is 11.6 Å². The summed E-state index contributed by atoms with van der Waals surface area (Å²) in [7, 11) is 0. The maximum Gasteiger partial charge on any atom is 0.298 e. The SMILES string of the molecule is O=c1c2nn(Cc3c(F)cccc3F)c(Cl)c2nnn1C1[C@H]2COC[C@@H]12. The molecule has 2 aromatic heterocycles. The van der Waals surface area contributed by atoms with Gasteiger partial charge in [-0.15, -0.1) is 5.10 Å². The number of fused-ring (bicyclic) bond motifs is 2. The highest BCUT2D eigenvalue weighted by molar-refractivity contribution is 6.33. The van der Waals surface area contributed by atoms with Crippen LogP contribution < -0.4 is 5.56 Å². The van der Waals surface area contributed by atoms with E-state index in [1.54, 1.807) is 0 Å². The second-order valence-electron chi connectivity index (χ2n) is 6.54. The minimum absolute atomic E-state index is 0.0127. The van der Waals surface area contributed by atoms with Gasteiger partial charge in [-0.25, -0.2) is 18.1 Å². The van der Waals surface area contributed by atoms with Crippen LogP contribution in [0.4, 0.5) is 8.78 Å². The summed E-state index contributed by atoms with van der Waals surface area (Å²) in [4.78, 5) is 12.7. The lowest BCUT2D eigenvalue weighted by molar-refractivity contribution is 0.149. The summed E-state index contributed by atoms with van der Waals surface area (Å²) in [6, 6.07) is 3.53. The lowest BCUT2D eigenvalue weighted by Crippen LogP contribution is -2.26. The zero-order valence-corrected chi connectivity index (χ0v) is 14.0. The molecule has 1 unspecified atom stereocenters. The quantitative estimate of drug-likeness (QED) is 0.693. The summed E-state index contributed by atoms with van der Waals surface area (Å²) in [5.74, 6) is -0.890. The fraction of sp³-hybridized carbons (Fsp3) is 0.375. The van der Waals surface area contributed by atoms with Gasteiger partial charge in [-0.05, 0) is 12.1 Å². The van der Waals surface area contributed by atoms with Crippen molar-refractivity contribution in [1.82, 2.24) is 24.8 Å². The maximum atomic E-state index is 13.9. The molecule has 1 aliphatic heterocycles. The Labute approximate surface area is 150 Å². The molecule has 1 saturated carbocycles. The van der Waals surface area contributed by atoms with Crippen molar-refractivity contribution in [2.45, 2.75) is 12.6 Å². The number of ether oxygens (including phenoxy) is 1. The van der Waals surface area contributed by atoms with Crippen LogP contribution in [0, 0.1) is 23.5 Å². The van der Waals surface area contributed by atoms with Crippen molar-refractivity contribution in [3.05, 3.63) is 50.9 Å². The second kappa shape index (κ2) is 5.55. The molecule has 0 N–H and O–H groups in total. The highest BCUT2D eigenvalue weighted by Crippen LogP contribution is 2.53. The Morgan fingerprint density at radius 3 is 2.58 bits per heavy atom. The fourth-order valence-electron chi connectivity index (χ4n) is 3.61. The van der Waals surface area contributed by atoms with E-state index in [4.69, 9.17) is 16.3 Å². The molecule has 2 aliphatic rings. The van der Waals surface area contributed by atoms with Crippen molar-refractivity contribution in [1.29, 1.82) is 0 Å². The van der Waals surface area contributed by atoms with E-state index >= 15 is 0 Å². The van der Waals surface area contributed by atoms with Crippen LogP contribution in [0.15, 0.2) is 23.0 Å². The van der Waals surface area contributed by atoms with Crippen molar-refractivity contribution in [3.8, 4) is 0 Å². The van der Waals surface area contributed by atoms with Crippen LogP contribution in [-0.2, 0) is 11.3 Å². The Bertz CT molecular complexity index is 1070. The molecule has 3 heterocycles. The Morgan fingerprint density at radius 2 is 1.88 bits per heavy atom. The fourth-order valence-corrected chi connectivity index (χ4v) is 3.84. The van der Waals surface area contributed by atoms with Crippen LogP contribution >= 0.6 is 11.6 Å². The molecular weight excluding hydrogens is 368 g/mol. The molecule has 5 rings (SSSR count). The molecule has 2 fully saturated rings. The third kappa shape index (κ3) is 2.20. The van der Waals surface area contributed by atoms with E-state index in [1.807, 2.05) is 0 Å². The molecule has 7 nitrogen and oxygen atoms in total. The van der Waals surface area contributed by atoms with Crippen LogP contribution in [0.25, 0.3) is 11.0 Å². The molecule has 10 heteroatoms. The summed E-state index contributed by atoms with van der Waals surface area (Å²) in [5, 5.41) is 12.1. The Kier molecular flexibility index (Phi) is 3.38. The molecule has 1 saturated heterocycles. The number of benzene rings is 1. The van der Waals surface area contributed by atoms with E-state index in [0.29, 0.717) is 13.2 Å². The highest BCUT2D eigenvalue weighted by Gasteiger charge is 2.56. The predicted octanol–water partition coefficient (Wildman–Crippen LogP) is 1.79. The third-order valence-corrected chi connectivity index (χ3v) is 5.45. The van der Waals surface area contributed by atoms with E-state index in [9.17, 15) is 13.6 Å². The average Bonchev–Trinajstić information content (AvgIpc) is 2.95. The summed E-state index contributed by atoms with van der Waals surface area (Å²) < 4.78 is 35.6. The van der Waals surface area contributed by atoms with Crippen molar-refractivity contribution >= 4 is 22.6 Å². The predicted molar refractivity (Wildman–Crippen MR) is 86.9 cm³/mol. The first-order chi connectivity index (χ1) is 12.6. The lowest BCUT2D eigenvalue weighted by atomic mass is 10.2. The number of aromatic nitrogens is 5. The molecule has 134 valence electrons. The first kappa shape index (κ1) is 15.8.